The van der Waals surface area contributed by atoms with Crippen molar-refractivity contribution >= 4 is 12.1 Å². The van der Waals surface area contributed by atoms with Crippen LogP contribution in [-0.2, 0) is 4.74 Å². The molecule has 0 spiro atoms. The van der Waals surface area contributed by atoms with Gasteiger partial charge >= 0.3 is 12.1 Å². The highest BCUT2D eigenvalue weighted by atomic mass is 16.5. The smallest absolute Gasteiger partial charge is 0.409 e. The van der Waals surface area contributed by atoms with E-state index < -0.39 is 0 Å². The Morgan fingerprint density at radius 2 is 1.84 bits per heavy atom. The zero-order chi connectivity index (χ0) is 14.5. The summed E-state index contributed by atoms with van der Waals surface area (Å²) in [5, 5.41) is 5.80. The number of methoxy groups -OCH3 is 1. The molecule has 6 nitrogen and oxygen atoms in total. The van der Waals surface area contributed by atoms with Crippen LogP contribution < -0.4 is 10.6 Å². The number of urea groups is 1. The molecule has 0 radical (unpaired) electrons. The third kappa shape index (κ3) is 5.81. The minimum absolute atomic E-state index is 0.0750. The largest absolute Gasteiger partial charge is 0.453 e. The first-order valence-corrected chi connectivity index (χ1v) is 6.69. The monoisotopic (exact) mass is 271 g/mol. The van der Waals surface area contributed by atoms with E-state index >= 15 is 0 Å². The predicted molar refractivity (Wildman–Crippen MR) is 73.0 cm³/mol. The van der Waals surface area contributed by atoms with Crippen molar-refractivity contribution in [1.82, 2.24) is 15.5 Å². The Labute approximate surface area is 114 Å². The van der Waals surface area contributed by atoms with Gasteiger partial charge in [0.2, 0.25) is 0 Å². The molecule has 6 heteroatoms. The van der Waals surface area contributed by atoms with Crippen molar-refractivity contribution in [2.24, 2.45) is 5.41 Å². The van der Waals surface area contributed by atoms with Crippen molar-refractivity contribution in [2.75, 3.05) is 26.7 Å². The number of piperidine rings is 1. The summed E-state index contributed by atoms with van der Waals surface area (Å²) in [6.45, 7) is 8.10. The van der Waals surface area contributed by atoms with E-state index in [-0.39, 0.29) is 23.6 Å². The van der Waals surface area contributed by atoms with Crippen LogP contribution in [-0.4, -0.2) is 49.8 Å². The Bertz CT molecular complexity index is 318. The van der Waals surface area contributed by atoms with Crippen LogP contribution in [0, 0.1) is 5.41 Å². The molecule has 19 heavy (non-hydrogen) atoms. The van der Waals surface area contributed by atoms with E-state index in [1.807, 2.05) is 0 Å². The number of nitrogens with one attached hydrogen (secondary N) is 2. The van der Waals surface area contributed by atoms with Crippen LogP contribution in [0.5, 0.6) is 0 Å². The van der Waals surface area contributed by atoms with Gasteiger partial charge in [-0.2, -0.15) is 0 Å². The molecule has 2 N–H and O–H groups in total. The van der Waals surface area contributed by atoms with Gasteiger partial charge in [0.1, 0.15) is 0 Å². The SMILES string of the molecule is COC(=O)N1CCC(NC(=O)NCC(C)(C)C)CC1. The Hall–Kier alpha value is -1.46. The second-order valence-electron chi connectivity index (χ2n) is 6.12. The summed E-state index contributed by atoms with van der Waals surface area (Å²) in [6, 6.07) is -0.00711. The van der Waals surface area contributed by atoms with Crippen LogP contribution in [0.3, 0.4) is 0 Å². The molecule has 1 fully saturated rings. The molecule has 0 aliphatic carbocycles. The van der Waals surface area contributed by atoms with E-state index in [1.54, 1.807) is 4.90 Å². The predicted octanol–water partition coefficient (Wildman–Crippen LogP) is 1.56. The van der Waals surface area contributed by atoms with Gasteiger partial charge in [0.25, 0.3) is 0 Å². The first kappa shape index (κ1) is 15.6. The molecule has 1 aliphatic heterocycles. The average molecular weight is 271 g/mol. The normalized spacial score (nSPS) is 16.9. The molecular formula is C13H25N3O3. The fourth-order valence-corrected chi connectivity index (χ4v) is 1.92. The van der Waals surface area contributed by atoms with E-state index in [0.717, 1.165) is 12.8 Å². The third-order valence-corrected chi connectivity index (χ3v) is 3.04. The van der Waals surface area contributed by atoms with Crippen molar-refractivity contribution in [3.63, 3.8) is 0 Å². The van der Waals surface area contributed by atoms with Crippen LogP contribution in [0.15, 0.2) is 0 Å². The fraction of sp³-hybridized carbons (Fsp3) is 0.846. The van der Waals surface area contributed by atoms with Gasteiger partial charge in [0.05, 0.1) is 7.11 Å². The Morgan fingerprint density at radius 1 is 1.26 bits per heavy atom. The first-order valence-electron chi connectivity index (χ1n) is 6.69. The highest BCUT2D eigenvalue weighted by molar-refractivity contribution is 5.74. The number of rotatable bonds is 2. The number of likely N-dealkylation sites (tertiary alicyclic amines) is 1. The maximum absolute atomic E-state index is 11.7. The molecule has 0 unspecified atom stereocenters. The molecule has 0 aromatic carbocycles. The van der Waals surface area contributed by atoms with E-state index in [1.165, 1.54) is 7.11 Å². The van der Waals surface area contributed by atoms with Gasteiger partial charge in [-0.05, 0) is 18.3 Å². The Morgan fingerprint density at radius 3 is 2.32 bits per heavy atom. The van der Waals surface area contributed by atoms with Crippen molar-refractivity contribution in [2.45, 2.75) is 39.7 Å². The van der Waals surface area contributed by atoms with Gasteiger partial charge in [0, 0.05) is 25.7 Å². The molecule has 1 heterocycles. The van der Waals surface area contributed by atoms with E-state index in [4.69, 9.17) is 0 Å². The molecule has 0 atom stereocenters. The molecular weight excluding hydrogens is 246 g/mol. The summed E-state index contributed by atoms with van der Waals surface area (Å²) in [4.78, 5) is 24.7. The summed E-state index contributed by atoms with van der Waals surface area (Å²) >= 11 is 0. The quantitative estimate of drug-likeness (QED) is 0.800. The van der Waals surface area contributed by atoms with Crippen LogP contribution >= 0.6 is 0 Å². The number of hydrogen-bond donors (Lipinski definition) is 2. The van der Waals surface area contributed by atoms with E-state index in [0.29, 0.717) is 19.6 Å². The number of hydrogen-bond acceptors (Lipinski definition) is 3. The maximum atomic E-state index is 11.7. The molecule has 0 bridgehead atoms. The molecule has 0 aromatic rings. The van der Waals surface area contributed by atoms with Crippen molar-refractivity contribution < 1.29 is 14.3 Å². The molecule has 0 aromatic heterocycles. The van der Waals surface area contributed by atoms with Gasteiger partial charge < -0.3 is 20.3 Å². The number of nitrogens with zero attached hydrogens (tertiary/aromatic N) is 1. The molecule has 0 saturated carbocycles. The van der Waals surface area contributed by atoms with Gasteiger partial charge in [-0.15, -0.1) is 0 Å². The van der Waals surface area contributed by atoms with Crippen molar-refractivity contribution in [3.8, 4) is 0 Å². The van der Waals surface area contributed by atoms with Crippen LogP contribution in [0.25, 0.3) is 0 Å². The van der Waals surface area contributed by atoms with Crippen molar-refractivity contribution in [3.05, 3.63) is 0 Å². The third-order valence-electron chi connectivity index (χ3n) is 3.04. The maximum Gasteiger partial charge on any atom is 0.409 e. The molecule has 1 rings (SSSR count). The topological polar surface area (TPSA) is 70.7 Å². The Kier molecular flexibility index (Phi) is 5.44. The summed E-state index contributed by atoms with van der Waals surface area (Å²) in [5.74, 6) is 0. The second kappa shape index (κ2) is 6.63. The van der Waals surface area contributed by atoms with Crippen LogP contribution in [0.4, 0.5) is 9.59 Å². The summed E-state index contributed by atoms with van der Waals surface area (Å²) in [5.41, 5.74) is 0.0750. The summed E-state index contributed by atoms with van der Waals surface area (Å²) < 4.78 is 4.67. The highest BCUT2D eigenvalue weighted by Gasteiger charge is 2.24. The lowest BCUT2D eigenvalue weighted by Crippen LogP contribution is -2.50. The lowest BCUT2D eigenvalue weighted by molar-refractivity contribution is 0.110. The number of amides is 3. The van der Waals surface area contributed by atoms with Crippen LogP contribution in [0.2, 0.25) is 0 Å². The van der Waals surface area contributed by atoms with Crippen LogP contribution in [0.1, 0.15) is 33.6 Å². The van der Waals surface area contributed by atoms with Gasteiger partial charge in [0.15, 0.2) is 0 Å². The first-order chi connectivity index (χ1) is 8.81. The molecule has 3 amide bonds. The highest BCUT2D eigenvalue weighted by Crippen LogP contribution is 2.12. The van der Waals surface area contributed by atoms with Gasteiger partial charge in [-0.3, -0.25) is 0 Å². The number of ether oxygens (including phenoxy) is 1. The zero-order valence-corrected chi connectivity index (χ0v) is 12.3. The second-order valence-corrected chi connectivity index (χ2v) is 6.12. The average Bonchev–Trinajstić information content (AvgIpc) is 2.35. The number of carbonyl (C=O) groups excluding carboxylic acids is 2. The standard InChI is InChI=1S/C13H25N3O3/c1-13(2,3)9-14-11(17)15-10-5-7-16(8-6-10)12(18)19-4/h10H,5-9H2,1-4H3,(H2,14,15,17). The molecule has 1 saturated heterocycles. The molecule has 1 aliphatic rings. The zero-order valence-electron chi connectivity index (χ0n) is 12.3. The molecule has 110 valence electrons. The minimum Gasteiger partial charge on any atom is -0.453 e. The number of carbonyl (C=O) groups is 2. The summed E-state index contributed by atoms with van der Waals surface area (Å²) in [6.07, 6.45) is 1.23. The Balaban J connectivity index is 2.25. The van der Waals surface area contributed by atoms with E-state index in [2.05, 4.69) is 36.1 Å². The fourth-order valence-electron chi connectivity index (χ4n) is 1.92. The lowest BCUT2D eigenvalue weighted by atomic mass is 9.97. The minimum atomic E-state index is -0.296. The van der Waals surface area contributed by atoms with Crippen molar-refractivity contribution in [1.29, 1.82) is 0 Å². The lowest BCUT2D eigenvalue weighted by Gasteiger charge is -2.31. The summed E-state index contributed by atoms with van der Waals surface area (Å²) in [7, 11) is 1.38. The van der Waals surface area contributed by atoms with E-state index in [9.17, 15) is 9.59 Å². The van der Waals surface area contributed by atoms with Gasteiger partial charge in [-0.1, -0.05) is 20.8 Å². The van der Waals surface area contributed by atoms with Gasteiger partial charge in [-0.25, -0.2) is 9.59 Å².